The van der Waals surface area contributed by atoms with Crippen LogP contribution in [0.2, 0.25) is 0 Å². The highest BCUT2D eigenvalue weighted by Crippen LogP contribution is 2.22. The molecule has 0 saturated heterocycles. The Morgan fingerprint density at radius 3 is 1.92 bits per heavy atom. The van der Waals surface area contributed by atoms with Gasteiger partial charge in [-0.1, -0.05) is 48.5 Å². The van der Waals surface area contributed by atoms with Crippen molar-refractivity contribution in [2.75, 3.05) is 37.2 Å². The van der Waals surface area contributed by atoms with Crippen LogP contribution in [0.3, 0.4) is 0 Å². The highest BCUT2D eigenvalue weighted by molar-refractivity contribution is 6.58. The minimum absolute atomic E-state index is 0.0208. The fourth-order valence-corrected chi connectivity index (χ4v) is 6.08. The summed E-state index contributed by atoms with van der Waals surface area (Å²) in [6, 6.07) is 25.6. The largest absolute Gasteiger partial charge is 0.497 e. The molecule has 2 aromatic heterocycles. The molecule has 0 aliphatic rings. The molecule has 1 unspecified atom stereocenters. The Bertz CT molecular complexity index is 2550. The van der Waals surface area contributed by atoms with Crippen LogP contribution in [0.1, 0.15) is 45.6 Å². The van der Waals surface area contributed by atoms with E-state index < -0.39 is 37.1 Å². The zero-order valence-electron chi connectivity index (χ0n) is 35.1. The number of nitrogens with two attached hydrogens (primary N) is 1. The van der Waals surface area contributed by atoms with Gasteiger partial charge in [-0.15, -0.1) is 0 Å². The average Bonchev–Trinajstić information content (AvgIpc) is 3.31. The molecular weight excluding hydrogens is 827 g/mol. The highest BCUT2D eigenvalue weighted by atomic mass is 16.6. The number of nitrogens with zero attached hydrogens (tertiary/aromatic N) is 5. The van der Waals surface area contributed by atoms with E-state index in [1.54, 1.807) is 106 Å². The minimum Gasteiger partial charge on any atom is -0.497 e. The summed E-state index contributed by atoms with van der Waals surface area (Å²) in [6.45, 7) is 0.0716. The van der Waals surface area contributed by atoms with Crippen LogP contribution in [-0.2, 0) is 50.2 Å². The molecule has 2 heterocycles. The van der Waals surface area contributed by atoms with E-state index in [4.69, 9.17) is 29.4 Å². The molecule has 0 fully saturated rings. The van der Waals surface area contributed by atoms with Crippen molar-refractivity contribution in [3.63, 3.8) is 0 Å². The van der Waals surface area contributed by atoms with Gasteiger partial charge in [0.1, 0.15) is 37.4 Å². The van der Waals surface area contributed by atoms with Crippen LogP contribution in [-0.4, -0.2) is 88.4 Å². The van der Waals surface area contributed by atoms with Crippen LogP contribution < -0.4 is 36.2 Å². The van der Waals surface area contributed by atoms with Gasteiger partial charge in [0.15, 0.2) is 17.0 Å². The van der Waals surface area contributed by atoms with Gasteiger partial charge in [-0.25, -0.2) is 19.6 Å². The Labute approximate surface area is 367 Å². The van der Waals surface area contributed by atoms with E-state index in [2.05, 4.69) is 30.6 Å². The summed E-state index contributed by atoms with van der Waals surface area (Å²) < 4.78 is 26.6. The Morgan fingerprint density at radius 2 is 1.33 bits per heavy atom. The molecule has 0 aliphatic heterocycles. The molecule has 2 amide bonds. The van der Waals surface area contributed by atoms with E-state index in [9.17, 15) is 29.2 Å². The molecule has 6 aromatic rings. The molecule has 330 valence electrons. The van der Waals surface area contributed by atoms with Crippen molar-refractivity contribution >= 4 is 65.1 Å². The monoisotopic (exact) mass is 872 g/mol. The number of benzene rings is 4. The fraction of sp³-hybridized carbons (Fsp3) is 0.227. The molecule has 1 atom stereocenters. The van der Waals surface area contributed by atoms with E-state index in [0.29, 0.717) is 39.5 Å². The number of carbonyl (C=O) groups excluding carboxylic acids is 4. The van der Waals surface area contributed by atoms with Crippen LogP contribution in [0.5, 0.6) is 11.5 Å². The maximum atomic E-state index is 13.5. The van der Waals surface area contributed by atoms with Crippen molar-refractivity contribution < 1.29 is 52.9 Å². The van der Waals surface area contributed by atoms with Gasteiger partial charge in [-0.3, -0.25) is 14.9 Å². The standard InChI is InChI=1S/C44H45BN8O11/c1-53(23-32-22-47-39-38(48-32)40(51-43(46)50-39)52-44(57)64-26-27-4-12-31(13-5-27)45(58)59)33-14-10-30(11-15-33)41(55)49-36(42(56)63-25-29-8-18-35(61-3)19-9-29)20-21-37(54)62-24-28-6-16-34(60-2)17-7-28/h4-19,22,36,58-59H,20-21,23-26H2,1-3H3,(H,49,55)(H3,46,47,50,51,52,57). The lowest BCUT2D eigenvalue weighted by atomic mass is 9.80. The first kappa shape index (κ1) is 45.7. The molecule has 0 bridgehead atoms. The molecule has 6 N–H and O–H groups in total. The van der Waals surface area contributed by atoms with Crippen LogP contribution >= 0.6 is 0 Å². The van der Waals surface area contributed by atoms with Gasteiger partial charge >= 0.3 is 25.2 Å². The third kappa shape index (κ3) is 12.8. The lowest BCUT2D eigenvalue weighted by Crippen LogP contribution is -2.42. The quantitative estimate of drug-likeness (QED) is 0.0444. The second-order valence-corrected chi connectivity index (χ2v) is 14.2. The number of ether oxygens (including phenoxy) is 5. The van der Waals surface area contributed by atoms with Gasteiger partial charge in [0, 0.05) is 24.7 Å². The smallest absolute Gasteiger partial charge is 0.488 e. The van der Waals surface area contributed by atoms with Crippen LogP contribution in [0.4, 0.5) is 22.2 Å². The molecule has 19 nitrogen and oxygen atoms in total. The molecule has 0 aliphatic carbocycles. The number of hydrogen-bond acceptors (Lipinski definition) is 17. The Kier molecular flexibility index (Phi) is 15.6. The Morgan fingerprint density at radius 1 is 0.750 bits per heavy atom. The maximum Gasteiger partial charge on any atom is 0.488 e. The molecule has 20 heteroatoms. The van der Waals surface area contributed by atoms with Crippen molar-refractivity contribution in [3.05, 3.63) is 131 Å². The number of rotatable bonds is 19. The molecule has 0 saturated carbocycles. The lowest BCUT2D eigenvalue weighted by Gasteiger charge is -2.20. The zero-order chi connectivity index (χ0) is 45.6. The summed E-state index contributed by atoms with van der Waals surface area (Å²) >= 11 is 0. The summed E-state index contributed by atoms with van der Waals surface area (Å²) in [5.41, 5.74) is 9.94. The summed E-state index contributed by atoms with van der Waals surface area (Å²) in [7, 11) is 3.28. The number of fused-ring (bicyclic) bond motifs is 1. The zero-order valence-corrected chi connectivity index (χ0v) is 35.1. The molecule has 6 rings (SSSR count). The van der Waals surface area contributed by atoms with Gasteiger partial charge in [0.05, 0.1) is 32.7 Å². The van der Waals surface area contributed by atoms with Gasteiger partial charge in [0.25, 0.3) is 5.91 Å². The SMILES string of the molecule is COc1ccc(COC(=O)CCC(NC(=O)c2ccc(N(C)Cc3cnc4nc(N)nc(NC(=O)OCc5ccc(B(O)O)cc5)c4n3)cc2)C(=O)OCc2ccc(OC)cc2)cc1. The van der Waals surface area contributed by atoms with Crippen molar-refractivity contribution in [1.29, 1.82) is 0 Å². The summed E-state index contributed by atoms with van der Waals surface area (Å²) in [5, 5.41) is 23.8. The van der Waals surface area contributed by atoms with Gasteiger partial charge in [0.2, 0.25) is 5.95 Å². The third-order valence-corrected chi connectivity index (χ3v) is 9.64. The number of methoxy groups -OCH3 is 2. The average molecular weight is 873 g/mol. The van der Waals surface area contributed by atoms with Crippen LogP contribution in [0.15, 0.2) is 103 Å². The first-order valence-corrected chi connectivity index (χ1v) is 19.8. The Balaban J connectivity index is 1.07. The number of hydrogen-bond donors (Lipinski definition) is 5. The van der Waals surface area contributed by atoms with Crippen molar-refractivity contribution in [3.8, 4) is 11.5 Å². The van der Waals surface area contributed by atoms with Crippen LogP contribution in [0, 0.1) is 0 Å². The molecule has 0 radical (unpaired) electrons. The van der Waals surface area contributed by atoms with E-state index in [1.165, 1.54) is 18.3 Å². The van der Waals surface area contributed by atoms with E-state index >= 15 is 0 Å². The number of aromatic nitrogens is 4. The lowest BCUT2D eigenvalue weighted by molar-refractivity contribution is -0.148. The van der Waals surface area contributed by atoms with Gasteiger partial charge < -0.3 is 49.7 Å². The number of esters is 2. The number of amides is 2. The summed E-state index contributed by atoms with van der Waals surface area (Å²) in [5.74, 6) is -0.717. The maximum absolute atomic E-state index is 13.5. The van der Waals surface area contributed by atoms with Gasteiger partial charge in [-0.2, -0.15) is 9.97 Å². The number of nitrogens with one attached hydrogen (secondary N) is 2. The molecule has 64 heavy (non-hydrogen) atoms. The predicted octanol–water partition coefficient (Wildman–Crippen LogP) is 3.45. The summed E-state index contributed by atoms with van der Waals surface area (Å²) in [4.78, 5) is 71.4. The van der Waals surface area contributed by atoms with E-state index in [-0.39, 0.29) is 67.7 Å². The Hall–Kier alpha value is -7.84. The first-order chi connectivity index (χ1) is 30.9. The predicted molar refractivity (Wildman–Crippen MR) is 234 cm³/mol. The molecular formula is C44H45BN8O11. The van der Waals surface area contributed by atoms with Crippen molar-refractivity contribution in [2.45, 2.75) is 45.2 Å². The number of nitrogen functional groups attached to an aromatic ring is 1. The topological polar surface area (TPSA) is 260 Å². The molecule has 4 aromatic carbocycles. The minimum atomic E-state index is -1.62. The first-order valence-electron chi connectivity index (χ1n) is 19.8. The highest BCUT2D eigenvalue weighted by Gasteiger charge is 2.25. The van der Waals surface area contributed by atoms with Crippen LogP contribution in [0.25, 0.3) is 11.2 Å². The molecule has 0 spiro atoms. The van der Waals surface area contributed by atoms with E-state index in [1.807, 2.05) is 4.90 Å². The second kappa shape index (κ2) is 21.8. The van der Waals surface area contributed by atoms with Gasteiger partial charge in [-0.05, 0) is 77.1 Å². The number of carbonyl (C=O) groups is 4. The normalized spacial score (nSPS) is 11.2. The fourth-order valence-electron chi connectivity index (χ4n) is 6.08. The van der Waals surface area contributed by atoms with Crippen molar-refractivity contribution in [2.24, 2.45) is 0 Å². The van der Waals surface area contributed by atoms with Crippen molar-refractivity contribution in [1.82, 2.24) is 25.3 Å². The second-order valence-electron chi connectivity index (χ2n) is 14.2. The third-order valence-electron chi connectivity index (χ3n) is 9.64. The number of anilines is 3. The van der Waals surface area contributed by atoms with E-state index in [0.717, 1.165) is 5.56 Å². The summed E-state index contributed by atoms with van der Waals surface area (Å²) in [6.07, 6.45) is 0.408.